The maximum atomic E-state index is 13.0. The minimum absolute atomic E-state index is 0.638. The van der Waals surface area contributed by atoms with Gasteiger partial charge in [0.15, 0.2) is 0 Å². The standard InChI is InChI=1S/C25H22F3N3O/c26-25(27,28)21-9-6-19(7-10-21)24-22(17-30-12-14-32-15-13-30)31-16-20(8-11-23(31)29-24)18-4-2-1-3-5-18/h1-11,16H,12-15,17H2. The summed E-state index contributed by atoms with van der Waals surface area (Å²) in [6.45, 7) is 3.58. The number of pyridine rings is 1. The van der Waals surface area contributed by atoms with Gasteiger partial charge in [-0.1, -0.05) is 42.5 Å². The molecule has 32 heavy (non-hydrogen) atoms. The Kier molecular flexibility index (Phi) is 5.45. The van der Waals surface area contributed by atoms with Crippen LogP contribution in [-0.2, 0) is 17.5 Å². The van der Waals surface area contributed by atoms with Gasteiger partial charge in [0.1, 0.15) is 5.65 Å². The Morgan fingerprint density at radius 1 is 0.812 bits per heavy atom. The van der Waals surface area contributed by atoms with Gasteiger partial charge in [-0.2, -0.15) is 13.2 Å². The van der Waals surface area contributed by atoms with E-state index < -0.39 is 11.7 Å². The first-order valence-electron chi connectivity index (χ1n) is 10.5. The molecule has 2 aromatic carbocycles. The van der Waals surface area contributed by atoms with Crippen molar-refractivity contribution in [3.8, 4) is 22.4 Å². The predicted octanol–water partition coefficient (Wildman–Crippen LogP) is 5.52. The van der Waals surface area contributed by atoms with Crippen LogP contribution in [0, 0.1) is 0 Å². The van der Waals surface area contributed by atoms with Crippen molar-refractivity contribution in [2.75, 3.05) is 26.3 Å². The third-order valence-electron chi connectivity index (χ3n) is 5.79. The Balaban J connectivity index is 1.61. The van der Waals surface area contributed by atoms with E-state index in [2.05, 4.69) is 27.6 Å². The molecule has 0 aliphatic carbocycles. The van der Waals surface area contributed by atoms with Crippen molar-refractivity contribution >= 4 is 5.65 Å². The molecule has 4 nitrogen and oxygen atoms in total. The Hall–Kier alpha value is -3.16. The van der Waals surface area contributed by atoms with Crippen molar-refractivity contribution in [2.45, 2.75) is 12.7 Å². The van der Waals surface area contributed by atoms with E-state index in [1.165, 1.54) is 12.1 Å². The van der Waals surface area contributed by atoms with E-state index in [0.29, 0.717) is 31.0 Å². The molecular weight excluding hydrogens is 415 g/mol. The first-order chi connectivity index (χ1) is 15.5. The lowest BCUT2D eigenvalue weighted by molar-refractivity contribution is -0.137. The second kappa shape index (κ2) is 8.41. The van der Waals surface area contributed by atoms with Crippen LogP contribution in [0.1, 0.15) is 11.3 Å². The van der Waals surface area contributed by atoms with Crippen LogP contribution < -0.4 is 0 Å². The molecule has 0 radical (unpaired) electrons. The lowest BCUT2D eigenvalue weighted by atomic mass is 10.1. The van der Waals surface area contributed by atoms with Crippen molar-refractivity contribution in [3.63, 3.8) is 0 Å². The van der Waals surface area contributed by atoms with Crippen LogP contribution in [0.15, 0.2) is 72.9 Å². The highest BCUT2D eigenvalue weighted by molar-refractivity contribution is 5.70. The highest BCUT2D eigenvalue weighted by Gasteiger charge is 2.30. The van der Waals surface area contributed by atoms with Crippen LogP contribution >= 0.6 is 0 Å². The van der Waals surface area contributed by atoms with Gasteiger partial charge in [0, 0.05) is 31.4 Å². The number of imidazole rings is 1. The summed E-state index contributed by atoms with van der Waals surface area (Å²) in [5.41, 5.74) is 4.59. The predicted molar refractivity (Wildman–Crippen MR) is 117 cm³/mol. The lowest BCUT2D eigenvalue weighted by Gasteiger charge is -2.26. The van der Waals surface area contributed by atoms with E-state index in [1.807, 2.05) is 30.3 Å². The van der Waals surface area contributed by atoms with Crippen LogP contribution in [-0.4, -0.2) is 40.6 Å². The fraction of sp³-hybridized carbons (Fsp3) is 0.240. The normalized spacial score (nSPS) is 15.3. The minimum atomic E-state index is -4.36. The smallest absolute Gasteiger partial charge is 0.379 e. The van der Waals surface area contributed by atoms with E-state index >= 15 is 0 Å². The number of ether oxygens (including phenoxy) is 1. The fourth-order valence-electron chi connectivity index (χ4n) is 4.07. The van der Waals surface area contributed by atoms with Crippen LogP contribution in [0.5, 0.6) is 0 Å². The van der Waals surface area contributed by atoms with Crippen molar-refractivity contribution in [2.24, 2.45) is 0 Å². The number of benzene rings is 2. The summed E-state index contributed by atoms with van der Waals surface area (Å²) in [4.78, 5) is 7.09. The zero-order valence-corrected chi connectivity index (χ0v) is 17.3. The average molecular weight is 437 g/mol. The molecule has 4 aromatic rings. The van der Waals surface area contributed by atoms with Crippen LogP contribution in [0.2, 0.25) is 0 Å². The largest absolute Gasteiger partial charge is 0.416 e. The molecule has 2 aromatic heterocycles. The zero-order chi connectivity index (χ0) is 22.1. The third-order valence-corrected chi connectivity index (χ3v) is 5.79. The summed E-state index contributed by atoms with van der Waals surface area (Å²) in [6.07, 6.45) is -2.31. The summed E-state index contributed by atoms with van der Waals surface area (Å²) in [7, 11) is 0. The van der Waals surface area contributed by atoms with Gasteiger partial charge in [0.05, 0.1) is 30.2 Å². The molecule has 1 saturated heterocycles. The van der Waals surface area contributed by atoms with E-state index in [-0.39, 0.29) is 0 Å². The van der Waals surface area contributed by atoms with Crippen molar-refractivity contribution in [1.29, 1.82) is 0 Å². The summed E-state index contributed by atoms with van der Waals surface area (Å²) in [6, 6.07) is 19.3. The Labute approximate surface area is 183 Å². The van der Waals surface area contributed by atoms with Gasteiger partial charge in [-0.15, -0.1) is 0 Å². The van der Waals surface area contributed by atoms with Crippen LogP contribution in [0.3, 0.4) is 0 Å². The number of halogens is 3. The van der Waals surface area contributed by atoms with Crippen molar-refractivity contribution in [3.05, 3.63) is 84.2 Å². The third kappa shape index (κ3) is 4.13. The molecular formula is C25H22F3N3O. The van der Waals surface area contributed by atoms with Gasteiger partial charge < -0.3 is 9.14 Å². The van der Waals surface area contributed by atoms with E-state index in [4.69, 9.17) is 9.72 Å². The molecule has 1 aliphatic rings. The highest BCUT2D eigenvalue weighted by Crippen LogP contribution is 2.33. The number of morpholine rings is 1. The van der Waals surface area contributed by atoms with Crippen LogP contribution in [0.4, 0.5) is 13.2 Å². The maximum absolute atomic E-state index is 13.0. The Bertz CT molecular complexity index is 1210. The molecule has 0 unspecified atom stereocenters. The first kappa shape index (κ1) is 20.7. The van der Waals surface area contributed by atoms with Gasteiger partial charge >= 0.3 is 6.18 Å². The Morgan fingerprint density at radius 3 is 2.19 bits per heavy atom. The van der Waals surface area contributed by atoms with E-state index in [9.17, 15) is 13.2 Å². The molecule has 0 spiro atoms. The number of hydrogen-bond acceptors (Lipinski definition) is 3. The molecule has 0 saturated carbocycles. The number of hydrogen-bond donors (Lipinski definition) is 0. The summed E-state index contributed by atoms with van der Waals surface area (Å²) in [5.74, 6) is 0. The highest BCUT2D eigenvalue weighted by atomic mass is 19.4. The second-order valence-corrected chi connectivity index (χ2v) is 7.88. The molecule has 0 amide bonds. The molecule has 164 valence electrons. The van der Waals surface area contributed by atoms with Gasteiger partial charge in [0.25, 0.3) is 0 Å². The SMILES string of the molecule is FC(F)(F)c1ccc(-c2nc3ccc(-c4ccccc4)cn3c2CN2CCOCC2)cc1. The maximum Gasteiger partial charge on any atom is 0.416 e. The molecule has 0 N–H and O–H groups in total. The van der Waals surface area contributed by atoms with E-state index in [1.54, 1.807) is 0 Å². The minimum Gasteiger partial charge on any atom is -0.379 e. The quantitative estimate of drug-likeness (QED) is 0.421. The molecule has 3 heterocycles. The summed E-state index contributed by atoms with van der Waals surface area (Å²) in [5, 5.41) is 0. The molecule has 5 rings (SSSR count). The number of aromatic nitrogens is 2. The topological polar surface area (TPSA) is 29.8 Å². The number of nitrogens with zero attached hydrogens (tertiary/aromatic N) is 3. The van der Waals surface area contributed by atoms with Crippen molar-refractivity contribution < 1.29 is 17.9 Å². The molecule has 0 bridgehead atoms. The Morgan fingerprint density at radius 2 is 1.50 bits per heavy atom. The van der Waals surface area contributed by atoms with Gasteiger partial charge in [-0.3, -0.25) is 4.90 Å². The van der Waals surface area contributed by atoms with Gasteiger partial charge in [0.2, 0.25) is 0 Å². The molecule has 7 heteroatoms. The van der Waals surface area contributed by atoms with Gasteiger partial charge in [-0.05, 0) is 35.4 Å². The monoisotopic (exact) mass is 437 g/mol. The fourth-order valence-corrected chi connectivity index (χ4v) is 4.07. The van der Waals surface area contributed by atoms with Crippen molar-refractivity contribution in [1.82, 2.24) is 14.3 Å². The number of alkyl halides is 3. The summed E-state index contributed by atoms with van der Waals surface area (Å²) >= 11 is 0. The lowest BCUT2D eigenvalue weighted by Crippen LogP contribution is -2.36. The zero-order valence-electron chi connectivity index (χ0n) is 17.3. The number of rotatable bonds is 4. The molecule has 0 atom stereocenters. The van der Waals surface area contributed by atoms with Crippen LogP contribution in [0.25, 0.3) is 28.0 Å². The first-order valence-corrected chi connectivity index (χ1v) is 10.5. The molecule has 1 fully saturated rings. The molecule has 1 aliphatic heterocycles. The van der Waals surface area contributed by atoms with E-state index in [0.717, 1.165) is 47.7 Å². The average Bonchev–Trinajstić information content (AvgIpc) is 3.17. The summed E-state index contributed by atoms with van der Waals surface area (Å²) < 4.78 is 46.7. The second-order valence-electron chi connectivity index (χ2n) is 7.88. The number of fused-ring (bicyclic) bond motifs is 1. The van der Waals surface area contributed by atoms with Gasteiger partial charge in [-0.25, -0.2) is 4.98 Å².